The average Bonchev–Trinajstić information content (AvgIpc) is 3.24. The van der Waals surface area contributed by atoms with E-state index in [9.17, 15) is 0 Å². The van der Waals surface area contributed by atoms with Crippen molar-refractivity contribution in [3.05, 3.63) is 53.9 Å². The van der Waals surface area contributed by atoms with Crippen LogP contribution in [0.4, 0.5) is 0 Å². The number of unbranched alkanes of at least 4 members (excludes halogenated alkanes) is 2. The molecule has 1 saturated heterocycles. The van der Waals surface area contributed by atoms with Gasteiger partial charge in [0.1, 0.15) is 6.26 Å². The standard InChI is InChI=1S/C22H33N5O/c1-2-23-22(24-13-8-4-7-11-20-9-5-3-6-10-20)27-16-14-26(15-17-27)19-21-12-18-28-25-21/h3,5-6,9-10,12,18H,2,4,7-8,11,13-17,19H2,1H3,(H,23,24). The van der Waals surface area contributed by atoms with Gasteiger partial charge in [0.2, 0.25) is 0 Å². The van der Waals surface area contributed by atoms with Gasteiger partial charge in [-0.05, 0) is 31.7 Å². The molecule has 0 unspecified atom stereocenters. The number of rotatable bonds is 9. The molecule has 2 heterocycles. The molecular weight excluding hydrogens is 350 g/mol. The van der Waals surface area contributed by atoms with Crippen molar-refractivity contribution >= 4 is 5.96 Å². The van der Waals surface area contributed by atoms with E-state index in [1.54, 1.807) is 6.26 Å². The smallest absolute Gasteiger partial charge is 0.194 e. The predicted octanol–water partition coefficient (Wildman–Crippen LogP) is 3.17. The fraction of sp³-hybridized carbons (Fsp3) is 0.545. The summed E-state index contributed by atoms with van der Waals surface area (Å²) >= 11 is 0. The monoisotopic (exact) mass is 383 g/mol. The molecule has 2 aromatic rings. The van der Waals surface area contributed by atoms with Crippen LogP contribution in [0.3, 0.4) is 0 Å². The lowest BCUT2D eigenvalue weighted by atomic mass is 10.1. The van der Waals surface area contributed by atoms with Crippen molar-refractivity contribution in [2.75, 3.05) is 39.3 Å². The highest BCUT2D eigenvalue weighted by Gasteiger charge is 2.20. The molecule has 0 amide bonds. The number of aromatic nitrogens is 1. The molecule has 6 nitrogen and oxygen atoms in total. The molecule has 1 aliphatic heterocycles. The maximum absolute atomic E-state index is 4.93. The number of guanidine groups is 1. The number of piperazine rings is 1. The Balaban J connectivity index is 1.36. The maximum atomic E-state index is 4.93. The summed E-state index contributed by atoms with van der Waals surface area (Å²) < 4.78 is 4.93. The van der Waals surface area contributed by atoms with Gasteiger partial charge in [0.05, 0.1) is 5.69 Å². The van der Waals surface area contributed by atoms with E-state index in [0.29, 0.717) is 0 Å². The van der Waals surface area contributed by atoms with E-state index in [2.05, 4.69) is 57.5 Å². The average molecular weight is 384 g/mol. The number of aryl methyl sites for hydroxylation is 1. The first-order valence-electron chi connectivity index (χ1n) is 10.5. The number of hydrogen-bond donors (Lipinski definition) is 1. The zero-order chi connectivity index (χ0) is 19.4. The number of aliphatic imine (C=N–C) groups is 1. The fourth-order valence-electron chi connectivity index (χ4n) is 3.54. The Morgan fingerprint density at radius 3 is 2.61 bits per heavy atom. The van der Waals surface area contributed by atoms with Crippen LogP contribution in [0.25, 0.3) is 0 Å². The molecule has 0 radical (unpaired) electrons. The summed E-state index contributed by atoms with van der Waals surface area (Å²) in [5.41, 5.74) is 2.44. The Morgan fingerprint density at radius 2 is 1.89 bits per heavy atom. The van der Waals surface area contributed by atoms with Crippen LogP contribution in [0.2, 0.25) is 0 Å². The molecule has 1 N–H and O–H groups in total. The zero-order valence-corrected chi connectivity index (χ0v) is 17.0. The van der Waals surface area contributed by atoms with Gasteiger partial charge in [-0.2, -0.15) is 0 Å². The molecule has 0 bridgehead atoms. The number of hydrogen-bond acceptors (Lipinski definition) is 4. The van der Waals surface area contributed by atoms with Gasteiger partial charge in [0.15, 0.2) is 5.96 Å². The summed E-state index contributed by atoms with van der Waals surface area (Å²) in [5.74, 6) is 1.06. The summed E-state index contributed by atoms with van der Waals surface area (Å²) in [7, 11) is 0. The second kappa shape index (κ2) is 11.5. The molecule has 0 atom stereocenters. The van der Waals surface area contributed by atoms with Crippen molar-refractivity contribution in [2.24, 2.45) is 4.99 Å². The third kappa shape index (κ3) is 6.68. The van der Waals surface area contributed by atoms with Crippen LogP contribution < -0.4 is 5.32 Å². The van der Waals surface area contributed by atoms with Crippen LogP contribution in [-0.2, 0) is 13.0 Å². The lowest BCUT2D eigenvalue weighted by Gasteiger charge is -2.36. The lowest BCUT2D eigenvalue weighted by molar-refractivity contribution is 0.169. The summed E-state index contributed by atoms with van der Waals surface area (Å²) in [6.07, 6.45) is 6.41. The van der Waals surface area contributed by atoms with Crippen molar-refractivity contribution < 1.29 is 4.52 Å². The summed E-state index contributed by atoms with van der Waals surface area (Å²) in [6, 6.07) is 12.7. The second-order valence-corrected chi connectivity index (χ2v) is 7.29. The summed E-state index contributed by atoms with van der Waals surface area (Å²) in [6.45, 7) is 8.84. The topological polar surface area (TPSA) is 56.9 Å². The molecule has 1 aromatic carbocycles. The van der Waals surface area contributed by atoms with E-state index >= 15 is 0 Å². The van der Waals surface area contributed by atoms with Crippen LogP contribution in [0.1, 0.15) is 37.4 Å². The van der Waals surface area contributed by atoms with Gasteiger partial charge < -0.3 is 14.7 Å². The number of benzene rings is 1. The van der Waals surface area contributed by atoms with E-state index < -0.39 is 0 Å². The molecule has 1 aliphatic rings. The minimum atomic E-state index is 0.861. The first-order valence-corrected chi connectivity index (χ1v) is 10.5. The normalized spacial score (nSPS) is 15.8. The predicted molar refractivity (Wildman–Crippen MR) is 113 cm³/mol. The molecule has 1 fully saturated rings. The van der Waals surface area contributed by atoms with Crippen molar-refractivity contribution in [3.63, 3.8) is 0 Å². The van der Waals surface area contributed by atoms with Crippen LogP contribution in [-0.4, -0.2) is 60.2 Å². The highest BCUT2D eigenvalue weighted by Crippen LogP contribution is 2.09. The van der Waals surface area contributed by atoms with Gasteiger partial charge in [-0.3, -0.25) is 9.89 Å². The Hall–Kier alpha value is -2.34. The number of nitrogens with zero attached hydrogens (tertiary/aromatic N) is 4. The van der Waals surface area contributed by atoms with E-state index in [-0.39, 0.29) is 0 Å². The zero-order valence-electron chi connectivity index (χ0n) is 17.0. The van der Waals surface area contributed by atoms with E-state index in [1.165, 1.54) is 18.4 Å². The summed E-state index contributed by atoms with van der Waals surface area (Å²) in [4.78, 5) is 9.67. The molecule has 3 rings (SSSR count). The van der Waals surface area contributed by atoms with Gasteiger partial charge in [-0.25, -0.2) is 0 Å². The third-order valence-electron chi connectivity index (χ3n) is 5.11. The van der Waals surface area contributed by atoms with Crippen LogP contribution in [0.5, 0.6) is 0 Å². The molecular formula is C22H33N5O. The van der Waals surface area contributed by atoms with E-state index in [4.69, 9.17) is 9.52 Å². The van der Waals surface area contributed by atoms with Gasteiger partial charge in [0.25, 0.3) is 0 Å². The van der Waals surface area contributed by atoms with Crippen LogP contribution in [0, 0.1) is 0 Å². The number of nitrogens with one attached hydrogen (secondary N) is 1. The second-order valence-electron chi connectivity index (χ2n) is 7.29. The van der Waals surface area contributed by atoms with E-state index in [1.807, 2.05) is 6.07 Å². The largest absolute Gasteiger partial charge is 0.364 e. The maximum Gasteiger partial charge on any atom is 0.194 e. The van der Waals surface area contributed by atoms with Crippen molar-refractivity contribution in [1.82, 2.24) is 20.3 Å². The first-order chi connectivity index (χ1) is 13.8. The molecule has 0 saturated carbocycles. The fourth-order valence-corrected chi connectivity index (χ4v) is 3.54. The molecule has 0 aliphatic carbocycles. The first kappa shape index (κ1) is 20.4. The molecule has 152 valence electrons. The summed E-state index contributed by atoms with van der Waals surface area (Å²) in [5, 5.41) is 7.47. The highest BCUT2D eigenvalue weighted by molar-refractivity contribution is 5.80. The Kier molecular flexibility index (Phi) is 8.37. The van der Waals surface area contributed by atoms with Crippen molar-refractivity contribution in [2.45, 2.75) is 39.2 Å². The molecule has 1 aromatic heterocycles. The highest BCUT2D eigenvalue weighted by atomic mass is 16.5. The Bertz CT molecular complexity index is 678. The van der Waals surface area contributed by atoms with Gasteiger partial charge >= 0.3 is 0 Å². The van der Waals surface area contributed by atoms with Crippen molar-refractivity contribution in [3.8, 4) is 0 Å². The minimum absolute atomic E-state index is 0.861. The quantitative estimate of drug-likeness (QED) is 0.409. The van der Waals surface area contributed by atoms with Crippen LogP contribution >= 0.6 is 0 Å². The molecule has 6 heteroatoms. The Morgan fingerprint density at radius 1 is 1.07 bits per heavy atom. The van der Waals surface area contributed by atoms with Gasteiger partial charge in [0, 0.05) is 51.9 Å². The molecule has 0 spiro atoms. The van der Waals surface area contributed by atoms with E-state index in [0.717, 1.165) is 70.3 Å². The lowest BCUT2D eigenvalue weighted by Crippen LogP contribution is -2.52. The minimum Gasteiger partial charge on any atom is -0.364 e. The molecule has 28 heavy (non-hydrogen) atoms. The van der Waals surface area contributed by atoms with Crippen molar-refractivity contribution in [1.29, 1.82) is 0 Å². The van der Waals surface area contributed by atoms with Gasteiger partial charge in [-0.15, -0.1) is 0 Å². The SMILES string of the molecule is CCNC(=NCCCCCc1ccccc1)N1CCN(Cc2ccon2)CC1. The van der Waals surface area contributed by atoms with Crippen LogP contribution in [0.15, 0.2) is 52.2 Å². The van der Waals surface area contributed by atoms with Gasteiger partial charge in [-0.1, -0.05) is 41.9 Å². The third-order valence-corrected chi connectivity index (χ3v) is 5.11. The Labute approximate surface area is 168 Å².